The summed E-state index contributed by atoms with van der Waals surface area (Å²) in [4.78, 5) is 11.7. The number of benzene rings is 3. The summed E-state index contributed by atoms with van der Waals surface area (Å²) in [6.45, 7) is 0. The van der Waals surface area contributed by atoms with Gasteiger partial charge < -0.3 is 4.57 Å². The summed E-state index contributed by atoms with van der Waals surface area (Å²) in [5, 5.41) is 12.8. The topological polar surface area (TPSA) is 48.1 Å². The molecular formula is C21H15ClN2O2S. The lowest BCUT2D eigenvalue weighted by molar-refractivity contribution is -0.384. The van der Waals surface area contributed by atoms with E-state index in [-0.39, 0.29) is 10.6 Å². The largest absolute Gasteiger partial charge is 0.315 e. The van der Waals surface area contributed by atoms with Gasteiger partial charge in [-0.15, -0.1) is 11.8 Å². The van der Waals surface area contributed by atoms with Crippen LogP contribution in [0.1, 0.15) is 5.56 Å². The Labute approximate surface area is 165 Å². The molecule has 1 heterocycles. The third-order valence-electron chi connectivity index (χ3n) is 4.32. The summed E-state index contributed by atoms with van der Waals surface area (Å²) in [5.41, 5.74) is 3.27. The molecule has 0 atom stereocenters. The van der Waals surface area contributed by atoms with E-state index in [1.807, 2.05) is 36.4 Å². The van der Waals surface area contributed by atoms with Crippen molar-refractivity contribution in [2.75, 3.05) is 0 Å². The van der Waals surface area contributed by atoms with Crippen molar-refractivity contribution in [3.05, 3.63) is 99.7 Å². The number of aromatic nitrogens is 1. The molecule has 4 aromatic rings. The molecule has 4 nitrogen and oxygen atoms in total. The fourth-order valence-electron chi connectivity index (χ4n) is 2.95. The molecule has 1 aromatic heterocycles. The average Bonchev–Trinajstić information content (AvgIpc) is 3.06. The smallest absolute Gasteiger partial charge is 0.269 e. The molecule has 0 saturated heterocycles. The highest BCUT2D eigenvalue weighted by atomic mass is 35.5. The lowest BCUT2D eigenvalue weighted by atomic mass is 10.2. The van der Waals surface area contributed by atoms with Crippen LogP contribution in [0.15, 0.2) is 83.9 Å². The number of hydrogen-bond donors (Lipinski definition) is 0. The van der Waals surface area contributed by atoms with E-state index in [0.29, 0.717) is 0 Å². The predicted molar refractivity (Wildman–Crippen MR) is 111 cm³/mol. The SMILES string of the molecule is O=[N+]([O-])c1ccc(-n2cc(SCc3ccc(Cl)cc3)c3ccccc32)cc1. The number of fused-ring (bicyclic) bond motifs is 1. The van der Waals surface area contributed by atoms with Gasteiger partial charge in [-0.25, -0.2) is 0 Å². The Morgan fingerprint density at radius 3 is 2.37 bits per heavy atom. The minimum absolute atomic E-state index is 0.0903. The minimum Gasteiger partial charge on any atom is -0.315 e. The van der Waals surface area contributed by atoms with E-state index in [1.54, 1.807) is 23.9 Å². The molecule has 0 radical (unpaired) electrons. The molecule has 0 bridgehead atoms. The fourth-order valence-corrected chi connectivity index (χ4v) is 4.10. The molecular weight excluding hydrogens is 380 g/mol. The van der Waals surface area contributed by atoms with Crippen LogP contribution < -0.4 is 0 Å². The Morgan fingerprint density at radius 2 is 1.67 bits per heavy atom. The summed E-state index contributed by atoms with van der Waals surface area (Å²) >= 11 is 7.72. The van der Waals surface area contributed by atoms with Crippen molar-refractivity contribution in [2.24, 2.45) is 0 Å². The molecule has 0 aliphatic rings. The van der Waals surface area contributed by atoms with Gasteiger partial charge in [-0.2, -0.15) is 0 Å². The minimum atomic E-state index is -0.384. The van der Waals surface area contributed by atoms with Crippen LogP contribution in [0.5, 0.6) is 0 Å². The van der Waals surface area contributed by atoms with Gasteiger partial charge in [-0.1, -0.05) is 41.9 Å². The summed E-state index contributed by atoms with van der Waals surface area (Å²) < 4.78 is 2.07. The summed E-state index contributed by atoms with van der Waals surface area (Å²) in [5.74, 6) is 0.839. The summed E-state index contributed by atoms with van der Waals surface area (Å²) in [6.07, 6.45) is 2.09. The Kier molecular flexibility index (Phi) is 4.88. The number of halogens is 1. The van der Waals surface area contributed by atoms with Crippen molar-refractivity contribution < 1.29 is 4.92 Å². The van der Waals surface area contributed by atoms with Crippen molar-refractivity contribution >= 4 is 40.0 Å². The molecule has 0 fully saturated rings. The van der Waals surface area contributed by atoms with Crippen molar-refractivity contribution in [3.8, 4) is 5.69 Å². The van der Waals surface area contributed by atoms with Gasteiger partial charge in [0, 0.05) is 45.1 Å². The molecule has 0 N–H and O–H groups in total. The fraction of sp³-hybridized carbons (Fsp3) is 0.0476. The molecule has 27 heavy (non-hydrogen) atoms. The van der Waals surface area contributed by atoms with E-state index in [4.69, 9.17) is 11.6 Å². The molecule has 0 amide bonds. The first-order chi connectivity index (χ1) is 13.1. The highest BCUT2D eigenvalue weighted by Crippen LogP contribution is 2.34. The molecule has 0 saturated carbocycles. The van der Waals surface area contributed by atoms with Crippen molar-refractivity contribution in [1.82, 2.24) is 4.57 Å². The zero-order valence-electron chi connectivity index (χ0n) is 14.2. The number of non-ortho nitro benzene ring substituents is 1. The van der Waals surface area contributed by atoms with Crippen LogP contribution in [0.25, 0.3) is 16.6 Å². The van der Waals surface area contributed by atoms with Gasteiger partial charge in [0.2, 0.25) is 0 Å². The lowest BCUT2D eigenvalue weighted by Crippen LogP contribution is -1.93. The van der Waals surface area contributed by atoms with E-state index in [0.717, 1.165) is 27.4 Å². The van der Waals surface area contributed by atoms with Crippen molar-refractivity contribution in [3.63, 3.8) is 0 Å². The standard InChI is InChI=1S/C21H15ClN2O2S/c22-16-7-5-15(6-8-16)14-27-21-13-23(20-4-2-1-3-19(20)21)17-9-11-18(12-10-17)24(25)26/h1-13H,14H2. The maximum atomic E-state index is 10.9. The predicted octanol–water partition coefficient (Wildman–Crippen LogP) is 6.48. The first-order valence-corrected chi connectivity index (χ1v) is 9.70. The molecule has 0 spiro atoms. The summed E-state index contributed by atoms with van der Waals surface area (Å²) in [6, 6.07) is 22.7. The number of nitro benzene ring substituents is 1. The lowest BCUT2D eigenvalue weighted by Gasteiger charge is -2.04. The Hall–Kier alpha value is -2.76. The van der Waals surface area contributed by atoms with Crippen molar-refractivity contribution in [1.29, 1.82) is 0 Å². The van der Waals surface area contributed by atoms with E-state index >= 15 is 0 Å². The number of rotatable bonds is 5. The molecule has 0 aliphatic carbocycles. The van der Waals surface area contributed by atoms with Gasteiger partial charge in [-0.05, 0) is 35.9 Å². The van der Waals surface area contributed by atoms with Crippen LogP contribution in [0.2, 0.25) is 5.02 Å². The second kappa shape index (κ2) is 7.47. The van der Waals surface area contributed by atoms with Gasteiger partial charge >= 0.3 is 0 Å². The maximum Gasteiger partial charge on any atom is 0.269 e. The average molecular weight is 395 g/mol. The second-order valence-electron chi connectivity index (χ2n) is 6.07. The van der Waals surface area contributed by atoms with Gasteiger partial charge in [0.25, 0.3) is 5.69 Å². The third kappa shape index (κ3) is 3.70. The zero-order valence-corrected chi connectivity index (χ0v) is 15.8. The maximum absolute atomic E-state index is 10.9. The molecule has 0 aliphatic heterocycles. The molecule has 3 aromatic carbocycles. The van der Waals surface area contributed by atoms with Gasteiger partial charge in [0.05, 0.1) is 10.4 Å². The number of thioether (sulfide) groups is 1. The van der Waals surface area contributed by atoms with Crippen LogP contribution in [0.3, 0.4) is 0 Å². The second-order valence-corrected chi connectivity index (χ2v) is 7.52. The Bertz CT molecular complexity index is 1110. The van der Waals surface area contributed by atoms with Gasteiger partial charge in [0.15, 0.2) is 0 Å². The van der Waals surface area contributed by atoms with E-state index in [2.05, 4.69) is 22.9 Å². The van der Waals surface area contributed by atoms with Crippen LogP contribution in [0.4, 0.5) is 5.69 Å². The molecule has 0 unspecified atom stereocenters. The Balaban J connectivity index is 1.68. The highest BCUT2D eigenvalue weighted by Gasteiger charge is 2.12. The number of nitro groups is 1. The highest BCUT2D eigenvalue weighted by molar-refractivity contribution is 7.98. The molecule has 6 heteroatoms. The quantitative estimate of drug-likeness (QED) is 0.221. The van der Waals surface area contributed by atoms with E-state index < -0.39 is 0 Å². The first kappa shape index (κ1) is 17.6. The summed E-state index contributed by atoms with van der Waals surface area (Å²) in [7, 11) is 0. The normalized spacial score (nSPS) is 11.0. The monoisotopic (exact) mass is 394 g/mol. The number of nitrogens with zero attached hydrogens (tertiary/aromatic N) is 2. The molecule has 4 rings (SSSR count). The first-order valence-electron chi connectivity index (χ1n) is 8.34. The van der Waals surface area contributed by atoms with Crippen LogP contribution in [-0.2, 0) is 5.75 Å². The van der Waals surface area contributed by atoms with Gasteiger partial charge in [-0.3, -0.25) is 10.1 Å². The third-order valence-corrected chi connectivity index (χ3v) is 5.69. The van der Waals surface area contributed by atoms with Gasteiger partial charge in [0.1, 0.15) is 0 Å². The van der Waals surface area contributed by atoms with Crippen LogP contribution in [-0.4, -0.2) is 9.49 Å². The van der Waals surface area contributed by atoms with E-state index in [1.165, 1.54) is 22.6 Å². The van der Waals surface area contributed by atoms with Crippen LogP contribution in [0, 0.1) is 10.1 Å². The number of para-hydroxylation sites is 1. The molecule has 134 valence electrons. The Morgan fingerprint density at radius 1 is 0.963 bits per heavy atom. The number of hydrogen-bond acceptors (Lipinski definition) is 3. The van der Waals surface area contributed by atoms with Crippen LogP contribution >= 0.6 is 23.4 Å². The zero-order chi connectivity index (χ0) is 18.8. The van der Waals surface area contributed by atoms with E-state index in [9.17, 15) is 10.1 Å². The van der Waals surface area contributed by atoms with Crippen molar-refractivity contribution in [2.45, 2.75) is 10.6 Å².